The van der Waals surface area contributed by atoms with E-state index in [2.05, 4.69) is 16.0 Å². The number of H-pyrrole nitrogens is 1. The van der Waals surface area contributed by atoms with E-state index in [0.29, 0.717) is 5.41 Å². The number of benzene rings is 1. The summed E-state index contributed by atoms with van der Waals surface area (Å²) < 4.78 is 0. The monoisotopic (exact) mass is 307 g/mol. The number of fused-ring (bicyclic) bond motifs is 1. The molecule has 1 aromatic carbocycles. The van der Waals surface area contributed by atoms with Crippen LogP contribution in [-0.4, -0.2) is 18.1 Å². The lowest BCUT2D eigenvalue weighted by atomic mass is 9.73. The van der Waals surface area contributed by atoms with Crippen molar-refractivity contribution in [2.75, 3.05) is 18.0 Å². The van der Waals surface area contributed by atoms with Crippen LogP contribution < -0.4 is 10.5 Å². The summed E-state index contributed by atoms with van der Waals surface area (Å²) in [5, 5.41) is 10.5. The number of pyridine rings is 1. The Labute approximate surface area is 135 Å². The summed E-state index contributed by atoms with van der Waals surface area (Å²) in [6.45, 7) is 1.93. The van der Waals surface area contributed by atoms with Gasteiger partial charge < -0.3 is 9.88 Å². The molecule has 1 aliphatic carbocycles. The molecule has 1 N–H and O–H groups in total. The molecule has 1 saturated carbocycles. The van der Waals surface area contributed by atoms with E-state index in [1.54, 1.807) is 0 Å². The van der Waals surface area contributed by atoms with Gasteiger partial charge in [0.15, 0.2) is 0 Å². The zero-order valence-electron chi connectivity index (χ0n) is 13.3. The fourth-order valence-corrected chi connectivity index (χ4v) is 4.49. The van der Waals surface area contributed by atoms with Crippen molar-refractivity contribution in [2.24, 2.45) is 5.41 Å². The highest BCUT2D eigenvalue weighted by molar-refractivity contribution is 5.94. The third-order valence-electron chi connectivity index (χ3n) is 5.67. The van der Waals surface area contributed by atoms with Crippen molar-refractivity contribution >= 4 is 16.6 Å². The number of para-hydroxylation sites is 1. The summed E-state index contributed by atoms with van der Waals surface area (Å²) >= 11 is 0. The van der Waals surface area contributed by atoms with E-state index in [1.807, 2.05) is 24.3 Å². The van der Waals surface area contributed by atoms with E-state index in [4.69, 9.17) is 0 Å². The van der Waals surface area contributed by atoms with E-state index in [0.717, 1.165) is 29.7 Å². The third-order valence-corrected chi connectivity index (χ3v) is 5.67. The van der Waals surface area contributed by atoms with Crippen molar-refractivity contribution in [3.63, 3.8) is 0 Å². The van der Waals surface area contributed by atoms with Crippen LogP contribution >= 0.6 is 0 Å². The van der Waals surface area contributed by atoms with Gasteiger partial charge in [-0.1, -0.05) is 37.5 Å². The van der Waals surface area contributed by atoms with E-state index in [9.17, 15) is 10.1 Å². The van der Waals surface area contributed by atoms with Crippen LogP contribution in [0.3, 0.4) is 0 Å². The highest BCUT2D eigenvalue weighted by atomic mass is 16.1. The van der Waals surface area contributed by atoms with Crippen molar-refractivity contribution in [2.45, 2.75) is 38.5 Å². The quantitative estimate of drug-likeness (QED) is 0.876. The van der Waals surface area contributed by atoms with Gasteiger partial charge in [0.2, 0.25) is 0 Å². The molecule has 4 heteroatoms. The first-order valence-electron chi connectivity index (χ1n) is 8.53. The number of hydrogen-bond acceptors (Lipinski definition) is 3. The van der Waals surface area contributed by atoms with Gasteiger partial charge in [0.25, 0.3) is 5.56 Å². The number of hydrogen-bond donors (Lipinski definition) is 1. The molecule has 1 saturated heterocycles. The Bertz CT molecular complexity index is 840. The molecule has 1 aliphatic heterocycles. The van der Waals surface area contributed by atoms with E-state index in [1.165, 1.54) is 38.5 Å². The summed E-state index contributed by atoms with van der Waals surface area (Å²) in [6.07, 6.45) is 7.72. The molecule has 0 bridgehead atoms. The first-order chi connectivity index (χ1) is 11.2. The average Bonchev–Trinajstić information content (AvgIpc) is 2.97. The number of nitrogens with one attached hydrogen (secondary N) is 1. The minimum absolute atomic E-state index is 0.261. The lowest BCUT2D eigenvalue weighted by Gasteiger charge is -2.33. The highest BCUT2D eigenvalue weighted by Gasteiger charge is 2.40. The lowest BCUT2D eigenvalue weighted by molar-refractivity contribution is 0.219. The Morgan fingerprint density at radius 1 is 1.13 bits per heavy atom. The molecule has 2 fully saturated rings. The Hall–Kier alpha value is -2.28. The van der Waals surface area contributed by atoms with Gasteiger partial charge in [-0.15, -0.1) is 0 Å². The van der Waals surface area contributed by atoms with E-state index >= 15 is 0 Å². The predicted octanol–water partition coefficient (Wildman–Crippen LogP) is 3.56. The molecule has 118 valence electrons. The van der Waals surface area contributed by atoms with Crippen LogP contribution in [0.5, 0.6) is 0 Å². The second kappa shape index (κ2) is 5.42. The Balaban J connectivity index is 1.83. The molecule has 4 nitrogen and oxygen atoms in total. The smallest absolute Gasteiger partial charge is 0.268 e. The second-order valence-corrected chi connectivity index (χ2v) is 7.07. The van der Waals surface area contributed by atoms with Gasteiger partial charge in [-0.25, -0.2) is 0 Å². The maximum absolute atomic E-state index is 12.3. The predicted molar refractivity (Wildman–Crippen MR) is 91.6 cm³/mol. The van der Waals surface area contributed by atoms with Crippen LogP contribution in [0.1, 0.15) is 44.1 Å². The van der Waals surface area contributed by atoms with Gasteiger partial charge in [0.1, 0.15) is 11.6 Å². The van der Waals surface area contributed by atoms with E-state index < -0.39 is 0 Å². The first-order valence-corrected chi connectivity index (χ1v) is 8.53. The van der Waals surface area contributed by atoms with Crippen LogP contribution in [0.15, 0.2) is 29.1 Å². The van der Waals surface area contributed by atoms with Crippen molar-refractivity contribution in [1.29, 1.82) is 5.26 Å². The molecule has 1 aromatic heterocycles. The average molecular weight is 307 g/mol. The molecule has 4 rings (SSSR count). The fourth-order valence-electron chi connectivity index (χ4n) is 4.49. The van der Waals surface area contributed by atoms with Crippen molar-refractivity contribution in [3.05, 3.63) is 40.2 Å². The summed E-state index contributed by atoms with van der Waals surface area (Å²) in [5.74, 6) is 0. The first kappa shape index (κ1) is 14.3. The maximum Gasteiger partial charge on any atom is 0.268 e. The number of nitriles is 1. The van der Waals surface area contributed by atoms with Crippen LogP contribution in [0.25, 0.3) is 10.9 Å². The molecule has 0 atom stereocenters. The van der Waals surface area contributed by atoms with Crippen LogP contribution in [0.2, 0.25) is 0 Å². The van der Waals surface area contributed by atoms with Gasteiger partial charge >= 0.3 is 0 Å². The largest absolute Gasteiger partial charge is 0.369 e. The Kier molecular flexibility index (Phi) is 3.37. The molecule has 1 spiro atoms. The number of rotatable bonds is 1. The molecular weight excluding hydrogens is 286 g/mol. The molecule has 23 heavy (non-hydrogen) atoms. The lowest BCUT2D eigenvalue weighted by Crippen LogP contribution is -2.30. The van der Waals surface area contributed by atoms with Gasteiger partial charge in [0, 0.05) is 18.5 Å². The number of anilines is 1. The maximum atomic E-state index is 12.3. The summed E-state index contributed by atoms with van der Waals surface area (Å²) in [5.41, 5.74) is 2.04. The molecule has 2 heterocycles. The second-order valence-electron chi connectivity index (χ2n) is 7.07. The Morgan fingerprint density at radius 2 is 1.91 bits per heavy atom. The van der Waals surface area contributed by atoms with Gasteiger partial charge in [-0.2, -0.15) is 5.26 Å². The third kappa shape index (κ3) is 2.31. The number of aromatic nitrogens is 1. The van der Waals surface area contributed by atoms with Crippen LogP contribution in [-0.2, 0) is 0 Å². The molecule has 0 amide bonds. The zero-order valence-corrected chi connectivity index (χ0v) is 13.3. The minimum Gasteiger partial charge on any atom is -0.369 e. The number of aromatic amines is 1. The number of nitrogens with zero attached hydrogens (tertiary/aromatic N) is 2. The summed E-state index contributed by atoms with van der Waals surface area (Å²) in [6, 6.07) is 9.94. The van der Waals surface area contributed by atoms with Gasteiger partial charge in [-0.05, 0) is 30.7 Å². The van der Waals surface area contributed by atoms with Gasteiger partial charge in [0.05, 0.1) is 11.2 Å². The Morgan fingerprint density at radius 3 is 2.70 bits per heavy atom. The highest BCUT2D eigenvalue weighted by Crippen LogP contribution is 2.45. The SMILES string of the molecule is N#Cc1c(N2CCC3(CCCCC3)C2)c2ccccc2[nH]c1=O. The van der Waals surface area contributed by atoms with Crippen LogP contribution in [0.4, 0.5) is 5.69 Å². The van der Waals surface area contributed by atoms with E-state index in [-0.39, 0.29) is 11.1 Å². The summed E-state index contributed by atoms with van der Waals surface area (Å²) in [4.78, 5) is 17.4. The summed E-state index contributed by atoms with van der Waals surface area (Å²) in [7, 11) is 0. The molecular formula is C19H21N3O. The molecule has 2 aliphatic rings. The topological polar surface area (TPSA) is 59.9 Å². The van der Waals surface area contributed by atoms with Crippen molar-refractivity contribution in [3.8, 4) is 6.07 Å². The molecule has 0 radical (unpaired) electrons. The van der Waals surface area contributed by atoms with Crippen molar-refractivity contribution in [1.82, 2.24) is 4.98 Å². The standard InChI is InChI=1S/C19H21N3O/c20-12-15-17(14-6-2-3-7-16(14)21-18(15)23)22-11-10-19(13-22)8-4-1-5-9-19/h2-3,6-7H,1,4-5,8-11,13H2,(H,21,23). The molecule has 0 unspecified atom stereocenters. The van der Waals surface area contributed by atoms with Crippen LogP contribution in [0, 0.1) is 16.7 Å². The molecule has 2 aromatic rings. The van der Waals surface area contributed by atoms with Crippen molar-refractivity contribution < 1.29 is 0 Å². The van der Waals surface area contributed by atoms with Gasteiger partial charge in [-0.3, -0.25) is 4.79 Å². The normalized spacial score (nSPS) is 20.0. The zero-order chi connectivity index (χ0) is 15.9. The fraction of sp³-hybridized carbons (Fsp3) is 0.474. The minimum atomic E-state index is -0.272.